The molecule has 0 bridgehead atoms. The highest BCUT2D eigenvalue weighted by atomic mass is 16.2. The van der Waals surface area contributed by atoms with Gasteiger partial charge < -0.3 is 20.4 Å². The van der Waals surface area contributed by atoms with Crippen molar-refractivity contribution in [3.8, 4) is 0 Å². The molecule has 0 spiro atoms. The van der Waals surface area contributed by atoms with Crippen molar-refractivity contribution in [1.82, 2.24) is 20.4 Å². The molecule has 2 N–H and O–H groups in total. The van der Waals surface area contributed by atoms with Crippen LogP contribution in [0, 0.1) is 0 Å². The van der Waals surface area contributed by atoms with E-state index in [0.29, 0.717) is 38.0 Å². The Hall–Kier alpha value is -4.49. The Labute approximate surface area is 260 Å². The number of carbonyl (C=O) groups is 3. The van der Waals surface area contributed by atoms with Crippen molar-refractivity contribution in [3.63, 3.8) is 0 Å². The zero-order valence-electron chi connectivity index (χ0n) is 25.5. The van der Waals surface area contributed by atoms with Crippen molar-refractivity contribution in [2.45, 2.75) is 44.2 Å². The van der Waals surface area contributed by atoms with Crippen LogP contribution in [0.15, 0.2) is 103 Å². The summed E-state index contributed by atoms with van der Waals surface area (Å²) in [7, 11) is 1.72. The predicted octanol–water partition coefficient (Wildman–Crippen LogP) is 4.85. The second-order valence-corrected chi connectivity index (χ2v) is 11.5. The molecular formula is C37H42N4O3. The molecule has 0 radical (unpaired) electrons. The van der Waals surface area contributed by atoms with Gasteiger partial charge in [0, 0.05) is 31.2 Å². The molecule has 5 rings (SSSR count). The van der Waals surface area contributed by atoms with Gasteiger partial charge in [-0.1, -0.05) is 97.1 Å². The summed E-state index contributed by atoms with van der Waals surface area (Å²) >= 11 is 0. The second kappa shape index (κ2) is 15.3. The third kappa shape index (κ3) is 7.91. The van der Waals surface area contributed by atoms with Crippen molar-refractivity contribution in [2.75, 3.05) is 33.2 Å². The molecular weight excluding hydrogens is 548 g/mol. The Balaban J connectivity index is 1.37. The average Bonchev–Trinajstić information content (AvgIpc) is 3.53. The highest BCUT2D eigenvalue weighted by molar-refractivity contribution is 6.07. The molecule has 1 aliphatic rings. The number of fused-ring (bicyclic) bond motifs is 1. The van der Waals surface area contributed by atoms with Gasteiger partial charge in [0.05, 0.1) is 6.54 Å². The number of rotatable bonds is 13. The first-order valence-corrected chi connectivity index (χ1v) is 15.6. The number of carbonyl (C=O) groups excluding carboxylic acids is 3. The number of likely N-dealkylation sites (tertiary alicyclic amines) is 1. The molecule has 1 heterocycles. The quantitative estimate of drug-likeness (QED) is 0.233. The normalized spacial score (nSPS) is 15.2. The van der Waals surface area contributed by atoms with E-state index in [9.17, 15) is 14.4 Å². The minimum atomic E-state index is -0.636. The molecule has 44 heavy (non-hydrogen) atoms. The molecule has 0 unspecified atom stereocenters. The van der Waals surface area contributed by atoms with Crippen LogP contribution in [0.3, 0.4) is 0 Å². The predicted molar refractivity (Wildman–Crippen MR) is 175 cm³/mol. The number of hydrogen-bond donors (Lipinski definition) is 2. The molecule has 4 aromatic carbocycles. The Morgan fingerprint density at radius 3 is 2.23 bits per heavy atom. The Bertz CT molecular complexity index is 1540. The Morgan fingerprint density at radius 1 is 0.841 bits per heavy atom. The number of benzene rings is 4. The van der Waals surface area contributed by atoms with Gasteiger partial charge >= 0.3 is 0 Å². The molecule has 7 heteroatoms. The maximum absolute atomic E-state index is 14.2. The van der Waals surface area contributed by atoms with Gasteiger partial charge in [-0.25, -0.2) is 0 Å². The van der Waals surface area contributed by atoms with E-state index in [1.54, 1.807) is 7.05 Å². The zero-order chi connectivity index (χ0) is 30.7. The first-order chi connectivity index (χ1) is 21.5. The third-order valence-corrected chi connectivity index (χ3v) is 8.45. The summed E-state index contributed by atoms with van der Waals surface area (Å²) < 4.78 is 0. The lowest BCUT2D eigenvalue weighted by molar-refractivity contribution is -0.137. The van der Waals surface area contributed by atoms with Crippen LogP contribution in [0.2, 0.25) is 0 Å². The summed E-state index contributed by atoms with van der Waals surface area (Å²) in [6, 6.07) is 33.3. The minimum Gasteiger partial charge on any atom is -0.343 e. The Morgan fingerprint density at radius 2 is 1.50 bits per heavy atom. The molecule has 7 nitrogen and oxygen atoms in total. The van der Waals surface area contributed by atoms with E-state index in [2.05, 4.69) is 22.8 Å². The highest BCUT2D eigenvalue weighted by Gasteiger charge is 2.35. The van der Waals surface area contributed by atoms with Gasteiger partial charge in [-0.2, -0.15) is 0 Å². The van der Waals surface area contributed by atoms with E-state index < -0.39 is 6.04 Å². The lowest BCUT2D eigenvalue weighted by atomic mass is 10.0. The summed E-state index contributed by atoms with van der Waals surface area (Å²) in [5, 5.41) is 7.81. The second-order valence-electron chi connectivity index (χ2n) is 11.5. The SMILES string of the molecule is CNCC(=O)N[C@@H](CCc1ccccc1)C(=O)N1CCC[C@H]1CN(CCc1ccccc1)C(=O)c1cccc2ccccc12. The number of nitrogens with zero attached hydrogens (tertiary/aromatic N) is 2. The summed E-state index contributed by atoms with van der Waals surface area (Å²) in [5.41, 5.74) is 2.96. The van der Waals surface area contributed by atoms with Gasteiger partial charge in [-0.15, -0.1) is 0 Å². The van der Waals surface area contributed by atoms with Crippen LogP contribution in [0.25, 0.3) is 10.8 Å². The number of hydrogen-bond acceptors (Lipinski definition) is 4. The van der Waals surface area contributed by atoms with E-state index >= 15 is 0 Å². The van der Waals surface area contributed by atoms with Crippen molar-refractivity contribution in [2.24, 2.45) is 0 Å². The largest absolute Gasteiger partial charge is 0.343 e. The molecule has 4 aromatic rings. The molecule has 1 saturated heterocycles. The van der Waals surface area contributed by atoms with Crippen LogP contribution < -0.4 is 10.6 Å². The number of nitrogens with one attached hydrogen (secondary N) is 2. The third-order valence-electron chi connectivity index (χ3n) is 8.45. The lowest BCUT2D eigenvalue weighted by Gasteiger charge is -2.33. The van der Waals surface area contributed by atoms with E-state index in [1.165, 1.54) is 0 Å². The highest BCUT2D eigenvalue weighted by Crippen LogP contribution is 2.24. The number of amides is 3. The Kier molecular flexibility index (Phi) is 10.8. The molecule has 3 amide bonds. The molecule has 0 aliphatic carbocycles. The topological polar surface area (TPSA) is 81.8 Å². The van der Waals surface area contributed by atoms with Gasteiger partial charge in [-0.3, -0.25) is 14.4 Å². The summed E-state index contributed by atoms with van der Waals surface area (Å²) in [6.07, 6.45) is 3.58. The fourth-order valence-corrected chi connectivity index (χ4v) is 6.16. The van der Waals surface area contributed by atoms with Crippen LogP contribution in [0.4, 0.5) is 0 Å². The van der Waals surface area contributed by atoms with Gasteiger partial charge in [-0.05, 0) is 67.1 Å². The average molecular weight is 591 g/mol. The molecule has 0 aromatic heterocycles. The number of aryl methyl sites for hydroxylation is 1. The van der Waals surface area contributed by atoms with Crippen LogP contribution in [0.5, 0.6) is 0 Å². The summed E-state index contributed by atoms with van der Waals surface area (Å²) in [5.74, 6) is -0.307. The van der Waals surface area contributed by atoms with Gasteiger partial charge in [0.15, 0.2) is 0 Å². The molecule has 2 atom stereocenters. The number of likely N-dealkylation sites (N-methyl/N-ethyl adjacent to an activating group) is 1. The fourth-order valence-electron chi connectivity index (χ4n) is 6.16. The summed E-state index contributed by atoms with van der Waals surface area (Å²) in [6.45, 7) is 1.74. The van der Waals surface area contributed by atoms with Crippen molar-refractivity contribution in [1.29, 1.82) is 0 Å². The maximum atomic E-state index is 14.2. The van der Waals surface area contributed by atoms with Gasteiger partial charge in [0.25, 0.3) is 5.91 Å². The monoisotopic (exact) mass is 590 g/mol. The summed E-state index contributed by atoms with van der Waals surface area (Å²) in [4.78, 5) is 44.7. The fraction of sp³-hybridized carbons (Fsp3) is 0.324. The molecule has 1 aliphatic heterocycles. The molecule has 0 saturated carbocycles. The van der Waals surface area contributed by atoms with E-state index in [1.807, 2.05) is 101 Å². The maximum Gasteiger partial charge on any atom is 0.254 e. The van der Waals surface area contributed by atoms with Crippen LogP contribution >= 0.6 is 0 Å². The van der Waals surface area contributed by atoms with Crippen molar-refractivity contribution >= 4 is 28.5 Å². The van der Waals surface area contributed by atoms with Crippen LogP contribution in [0.1, 0.15) is 40.7 Å². The minimum absolute atomic E-state index is 0.0278. The van der Waals surface area contributed by atoms with E-state index in [0.717, 1.165) is 41.2 Å². The van der Waals surface area contributed by atoms with Crippen LogP contribution in [-0.2, 0) is 22.4 Å². The van der Waals surface area contributed by atoms with Crippen LogP contribution in [-0.4, -0.2) is 72.8 Å². The smallest absolute Gasteiger partial charge is 0.254 e. The van der Waals surface area contributed by atoms with E-state index in [4.69, 9.17) is 0 Å². The van der Waals surface area contributed by atoms with Gasteiger partial charge in [0.1, 0.15) is 6.04 Å². The zero-order valence-corrected chi connectivity index (χ0v) is 25.5. The van der Waals surface area contributed by atoms with E-state index in [-0.39, 0.29) is 30.3 Å². The first-order valence-electron chi connectivity index (χ1n) is 15.6. The lowest BCUT2D eigenvalue weighted by Crippen LogP contribution is -2.53. The standard InChI is InChI=1S/C37H42N4O3/c1-38-26-35(42)39-34(22-21-28-12-4-2-5-13-28)37(44)41-24-11-18-31(41)27-40(25-23-29-14-6-3-7-15-29)36(43)33-20-10-17-30-16-8-9-19-32(30)33/h2-10,12-17,19-20,31,34,38H,11,18,21-27H2,1H3,(H,39,42)/t31-,34-/m0/s1. The van der Waals surface area contributed by atoms with Crippen molar-refractivity contribution in [3.05, 3.63) is 120 Å². The van der Waals surface area contributed by atoms with Crippen molar-refractivity contribution < 1.29 is 14.4 Å². The molecule has 1 fully saturated rings. The van der Waals surface area contributed by atoms with Gasteiger partial charge in [0.2, 0.25) is 11.8 Å². The molecule has 228 valence electrons. The first kappa shape index (κ1) is 31.0.